The molecule has 1 fully saturated rings. The lowest BCUT2D eigenvalue weighted by molar-refractivity contribution is -0.127. The van der Waals surface area contributed by atoms with Crippen molar-refractivity contribution in [1.29, 1.82) is 0 Å². The zero-order valence-corrected chi connectivity index (χ0v) is 10.9. The zero-order chi connectivity index (χ0) is 13.9. The van der Waals surface area contributed by atoms with Gasteiger partial charge in [-0.15, -0.1) is 0 Å². The number of urea groups is 1. The van der Waals surface area contributed by atoms with Crippen LogP contribution < -0.4 is 16.4 Å². The van der Waals surface area contributed by atoms with Crippen molar-refractivity contribution in [3.05, 3.63) is 29.3 Å². The average Bonchev–Trinajstić information content (AvgIpc) is 2.28. The lowest BCUT2D eigenvalue weighted by Crippen LogP contribution is -2.64. The Morgan fingerprint density at radius 1 is 1.32 bits per heavy atom. The van der Waals surface area contributed by atoms with Gasteiger partial charge in [0.2, 0.25) is 5.91 Å². The molecular weight excluding hydrogens is 270 g/mol. The molecule has 0 atom stereocenters. The monoisotopic (exact) mass is 283 g/mol. The van der Waals surface area contributed by atoms with Crippen molar-refractivity contribution in [2.24, 2.45) is 5.73 Å². The molecule has 6 nitrogen and oxygen atoms in total. The van der Waals surface area contributed by atoms with E-state index in [0.29, 0.717) is 10.7 Å². The molecule has 1 saturated heterocycles. The molecule has 0 unspecified atom stereocenters. The number of ether oxygens (including phenoxy) is 1. The second kappa shape index (κ2) is 5.46. The maximum atomic E-state index is 11.8. The van der Waals surface area contributed by atoms with Crippen molar-refractivity contribution in [3.8, 4) is 0 Å². The van der Waals surface area contributed by atoms with Gasteiger partial charge < -0.3 is 21.1 Å². The van der Waals surface area contributed by atoms with E-state index in [9.17, 15) is 9.59 Å². The molecule has 1 aromatic rings. The van der Waals surface area contributed by atoms with E-state index in [4.69, 9.17) is 22.1 Å². The number of primary amides is 1. The molecule has 1 aliphatic rings. The summed E-state index contributed by atoms with van der Waals surface area (Å²) < 4.78 is 5.04. The van der Waals surface area contributed by atoms with Crippen molar-refractivity contribution < 1.29 is 14.3 Å². The highest BCUT2D eigenvalue weighted by atomic mass is 35.5. The van der Waals surface area contributed by atoms with Gasteiger partial charge in [-0.25, -0.2) is 4.79 Å². The fourth-order valence-electron chi connectivity index (χ4n) is 1.84. The molecule has 0 aliphatic carbocycles. The maximum Gasteiger partial charge on any atom is 0.319 e. The topological polar surface area (TPSA) is 93.5 Å². The van der Waals surface area contributed by atoms with Crippen molar-refractivity contribution in [2.75, 3.05) is 18.5 Å². The molecule has 102 valence electrons. The maximum absolute atomic E-state index is 11.8. The van der Waals surface area contributed by atoms with Gasteiger partial charge >= 0.3 is 6.03 Å². The van der Waals surface area contributed by atoms with Gasteiger partial charge in [-0.2, -0.15) is 0 Å². The number of halogens is 1. The highest BCUT2D eigenvalue weighted by Gasteiger charge is 2.41. The van der Waals surface area contributed by atoms with E-state index in [2.05, 4.69) is 10.6 Å². The highest BCUT2D eigenvalue weighted by molar-refractivity contribution is 6.30. The number of amides is 3. The Bertz CT molecular complexity index is 485. The Balaban J connectivity index is 1.93. The fraction of sp³-hybridized carbons (Fsp3) is 0.333. The molecule has 7 heteroatoms. The average molecular weight is 284 g/mol. The Hall–Kier alpha value is -1.79. The minimum Gasteiger partial charge on any atom is -0.376 e. The van der Waals surface area contributed by atoms with Gasteiger partial charge in [-0.1, -0.05) is 11.6 Å². The van der Waals surface area contributed by atoms with Gasteiger partial charge in [0.25, 0.3) is 0 Å². The van der Waals surface area contributed by atoms with Crippen molar-refractivity contribution in [1.82, 2.24) is 5.32 Å². The van der Waals surface area contributed by atoms with Crippen molar-refractivity contribution in [3.63, 3.8) is 0 Å². The summed E-state index contributed by atoms with van der Waals surface area (Å²) in [5.74, 6) is -0.477. The van der Waals surface area contributed by atoms with Crippen LogP contribution in [-0.4, -0.2) is 30.7 Å². The van der Waals surface area contributed by atoms with Crippen LogP contribution in [0.25, 0.3) is 0 Å². The summed E-state index contributed by atoms with van der Waals surface area (Å²) in [5.41, 5.74) is 5.07. The summed E-state index contributed by atoms with van der Waals surface area (Å²) in [6, 6.07) is 6.29. The van der Waals surface area contributed by atoms with Crippen LogP contribution in [-0.2, 0) is 9.53 Å². The molecule has 1 aliphatic heterocycles. The summed E-state index contributed by atoms with van der Waals surface area (Å²) >= 11 is 5.75. The molecule has 0 saturated carbocycles. The first-order valence-electron chi connectivity index (χ1n) is 5.70. The Morgan fingerprint density at radius 3 is 2.42 bits per heavy atom. The number of nitrogens with one attached hydrogen (secondary N) is 2. The molecule has 0 radical (unpaired) electrons. The van der Waals surface area contributed by atoms with Crippen LogP contribution in [0.5, 0.6) is 0 Å². The fourth-order valence-corrected chi connectivity index (χ4v) is 1.96. The third-order valence-electron chi connectivity index (χ3n) is 2.75. The van der Waals surface area contributed by atoms with Gasteiger partial charge in [0.05, 0.1) is 25.2 Å². The molecule has 0 spiro atoms. The minimum atomic E-state index is -0.692. The summed E-state index contributed by atoms with van der Waals surface area (Å²) in [6.07, 6.45) is 0.0566. The molecular formula is C12H14ClN3O3. The quantitative estimate of drug-likeness (QED) is 0.772. The first-order chi connectivity index (χ1) is 8.99. The standard InChI is InChI=1S/C12H14ClN3O3/c13-8-1-3-9(4-2-8)15-11(18)16-12(5-10(14)17)6-19-7-12/h1-4H,5-7H2,(H2,14,17)(H2,15,16,18). The largest absolute Gasteiger partial charge is 0.376 e. The number of anilines is 1. The number of carbonyl (C=O) groups is 2. The smallest absolute Gasteiger partial charge is 0.319 e. The van der Waals surface area contributed by atoms with Crippen LogP contribution in [0.15, 0.2) is 24.3 Å². The molecule has 1 heterocycles. The van der Waals surface area contributed by atoms with Gasteiger partial charge in [-0.3, -0.25) is 4.79 Å². The third-order valence-corrected chi connectivity index (χ3v) is 3.00. The lowest BCUT2D eigenvalue weighted by atomic mass is 9.93. The van der Waals surface area contributed by atoms with E-state index in [1.54, 1.807) is 24.3 Å². The third kappa shape index (κ3) is 3.59. The predicted molar refractivity (Wildman–Crippen MR) is 71.0 cm³/mol. The van der Waals surface area contributed by atoms with Crippen LogP contribution in [0.2, 0.25) is 5.02 Å². The van der Waals surface area contributed by atoms with Gasteiger partial charge in [0.15, 0.2) is 0 Å². The number of benzene rings is 1. The lowest BCUT2D eigenvalue weighted by Gasteiger charge is -2.41. The van der Waals surface area contributed by atoms with E-state index < -0.39 is 17.5 Å². The zero-order valence-electron chi connectivity index (χ0n) is 10.1. The Labute approximate surface area is 115 Å². The van der Waals surface area contributed by atoms with Gasteiger partial charge in [0, 0.05) is 10.7 Å². The number of rotatable bonds is 4. The van der Waals surface area contributed by atoms with E-state index in [1.807, 2.05) is 0 Å². The second-order valence-electron chi connectivity index (χ2n) is 4.50. The Morgan fingerprint density at radius 2 is 1.95 bits per heavy atom. The molecule has 0 aromatic heterocycles. The Kier molecular flexibility index (Phi) is 3.92. The van der Waals surface area contributed by atoms with E-state index in [0.717, 1.165) is 0 Å². The molecule has 4 N–H and O–H groups in total. The van der Waals surface area contributed by atoms with Crippen LogP contribution in [0.3, 0.4) is 0 Å². The minimum absolute atomic E-state index is 0.0566. The second-order valence-corrected chi connectivity index (χ2v) is 4.94. The SMILES string of the molecule is NC(=O)CC1(NC(=O)Nc2ccc(Cl)cc2)COC1. The van der Waals surface area contributed by atoms with Crippen molar-refractivity contribution in [2.45, 2.75) is 12.0 Å². The van der Waals surface area contributed by atoms with Crippen molar-refractivity contribution >= 4 is 29.2 Å². The molecule has 1 aromatic carbocycles. The summed E-state index contributed by atoms with van der Waals surface area (Å²) in [6.45, 7) is 0.563. The summed E-state index contributed by atoms with van der Waals surface area (Å²) in [5, 5.41) is 5.95. The van der Waals surface area contributed by atoms with Crippen LogP contribution in [0.1, 0.15) is 6.42 Å². The molecule has 3 amide bonds. The number of hydrogen-bond donors (Lipinski definition) is 3. The summed E-state index contributed by atoms with van der Waals surface area (Å²) in [7, 11) is 0. The van der Waals surface area contributed by atoms with E-state index in [-0.39, 0.29) is 19.6 Å². The first kappa shape index (κ1) is 13.6. The number of hydrogen-bond acceptors (Lipinski definition) is 3. The van der Waals surface area contributed by atoms with Crippen LogP contribution in [0.4, 0.5) is 10.5 Å². The van der Waals surface area contributed by atoms with Gasteiger partial charge in [0.1, 0.15) is 0 Å². The highest BCUT2D eigenvalue weighted by Crippen LogP contribution is 2.21. The predicted octanol–water partition coefficient (Wildman–Crippen LogP) is 1.11. The normalized spacial score (nSPS) is 16.3. The van der Waals surface area contributed by atoms with E-state index >= 15 is 0 Å². The van der Waals surface area contributed by atoms with Crippen LogP contribution in [0, 0.1) is 0 Å². The van der Waals surface area contributed by atoms with Gasteiger partial charge in [-0.05, 0) is 24.3 Å². The number of carbonyl (C=O) groups excluding carboxylic acids is 2. The first-order valence-corrected chi connectivity index (χ1v) is 6.08. The molecule has 19 heavy (non-hydrogen) atoms. The number of nitrogens with two attached hydrogens (primary N) is 1. The van der Waals surface area contributed by atoms with E-state index in [1.165, 1.54) is 0 Å². The molecule has 2 rings (SSSR count). The molecule has 0 bridgehead atoms. The summed E-state index contributed by atoms with van der Waals surface area (Å²) in [4.78, 5) is 22.8. The van der Waals surface area contributed by atoms with Crippen LogP contribution >= 0.6 is 11.6 Å².